The standard InChI is InChI=1S/C51H71N13O15/c1-31(2)46(51(79)53-14-23-65)60-47(75)32(3)56-50(78)39(24-34-25-54-37-7-5-4-6-36(34)37)59-49(77)38(12-13-40(52)66)58-48(76)33-8-10-35(11-9-33)57-41(67)26-55-42(68)27-61-15-17-62(28-43(69)70)19-21-64(30-45(73)74)22-20-63(18-16-61)29-44(71)72/h4-11,23,25,31-32,38-39,46,54H,12-22,24,26-30H2,1-3H3,(H2,52,66)(H,53,79)(H,55,68)(H,56,78)(H,57,67)(H,58,76)(H,59,77)(H,60,75)(H,69,70)(H,71,72)(H,73,74)/t32-,38-,39-,46-/m0/s1. The van der Waals surface area contributed by atoms with E-state index in [-0.39, 0.29) is 116 Å². The lowest BCUT2D eigenvalue weighted by atomic mass is 10.0. The molecule has 0 aliphatic carbocycles. The Morgan fingerprint density at radius 1 is 0.620 bits per heavy atom. The first kappa shape index (κ1) is 63.2. The number of hydrogen-bond acceptors (Lipinski definition) is 16. The maximum Gasteiger partial charge on any atom is 0.317 e. The first-order chi connectivity index (χ1) is 37.5. The summed E-state index contributed by atoms with van der Waals surface area (Å²) in [5.41, 5.74) is 7.02. The van der Waals surface area contributed by atoms with Crippen molar-refractivity contribution in [2.45, 2.75) is 64.2 Å². The normalized spacial score (nSPS) is 15.6. The number of para-hydroxylation sites is 1. The zero-order valence-electron chi connectivity index (χ0n) is 44.3. The van der Waals surface area contributed by atoms with Gasteiger partial charge in [-0.3, -0.25) is 72.3 Å². The number of nitrogens with zero attached hydrogens (tertiary/aromatic N) is 4. The average Bonchev–Trinajstić information content (AvgIpc) is 3.80. The van der Waals surface area contributed by atoms with Gasteiger partial charge >= 0.3 is 17.9 Å². The number of anilines is 1. The zero-order valence-corrected chi connectivity index (χ0v) is 44.3. The van der Waals surface area contributed by atoms with Gasteiger partial charge in [-0.15, -0.1) is 0 Å². The summed E-state index contributed by atoms with van der Waals surface area (Å²) in [5.74, 6) is -9.50. The van der Waals surface area contributed by atoms with E-state index in [1.54, 1.807) is 57.8 Å². The molecule has 0 bridgehead atoms. The van der Waals surface area contributed by atoms with Crippen LogP contribution in [0.15, 0.2) is 54.7 Å². The number of primary amides is 1. The molecule has 28 nitrogen and oxygen atoms in total. The highest BCUT2D eigenvalue weighted by Gasteiger charge is 2.32. The monoisotopic (exact) mass is 1110 g/mol. The van der Waals surface area contributed by atoms with Crippen LogP contribution in [0, 0.1) is 5.92 Å². The minimum atomic E-state index is -1.43. The molecule has 4 rings (SSSR count). The number of amides is 8. The van der Waals surface area contributed by atoms with Crippen molar-refractivity contribution in [2.24, 2.45) is 11.7 Å². The van der Waals surface area contributed by atoms with Gasteiger partial charge in [0.2, 0.25) is 41.4 Å². The van der Waals surface area contributed by atoms with E-state index in [4.69, 9.17) is 5.73 Å². The van der Waals surface area contributed by atoms with E-state index >= 15 is 0 Å². The lowest BCUT2D eigenvalue weighted by Crippen LogP contribution is -2.58. The quantitative estimate of drug-likeness (QED) is 0.0318. The Morgan fingerprint density at radius 3 is 1.67 bits per heavy atom. The molecule has 13 N–H and O–H groups in total. The van der Waals surface area contributed by atoms with E-state index < -0.39 is 102 Å². The number of hydrogen-bond donors (Lipinski definition) is 12. The number of aromatic amines is 1. The van der Waals surface area contributed by atoms with E-state index in [1.807, 2.05) is 6.07 Å². The van der Waals surface area contributed by atoms with Crippen LogP contribution in [0.5, 0.6) is 0 Å². The van der Waals surface area contributed by atoms with Crippen molar-refractivity contribution in [1.82, 2.24) is 56.5 Å². The third-order valence-corrected chi connectivity index (χ3v) is 12.6. The van der Waals surface area contributed by atoms with Crippen LogP contribution in [0.1, 0.15) is 49.5 Å². The maximum absolute atomic E-state index is 14.1. The lowest BCUT2D eigenvalue weighted by molar-refractivity contribution is -0.140. The Balaban J connectivity index is 1.40. The molecule has 1 fully saturated rings. The first-order valence-electron chi connectivity index (χ1n) is 25.5. The van der Waals surface area contributed by atoms with Crippen molar-refractivity contribution in [1.29, 1.82) is 0 Å². The molecule has 2 aromatic carbocycles. The van der Waals surface area contributed by atoms with Crippen LogP contribution in [0.25, 0.3) is 10.9 Å². The molecule has 430 valence electrons. The molecule has 1 aliphatic heterocycles. The predicted molar refractivity (Wildman–Crippen MR) is 284 cm³/mol. The fraction of sp³-hybridized carbons (Fsp3) is 0.490. The molecule has 4 atom stereocenters. The summed E-state index contributed by atoms with van der Waals surface area (Å²) in [5, 5.41) is 47.1. The molecule has 0 saturated carbocycles. The van der Waals surface area contributed by atoms with Crippen LogP contribution in [-0.4, -0.2) is 227 Å². The molecule has 8 amide bonds. The number of rotatable bonds is 28. The molecule has 28 heteroatoms. The minimum absolute atomic E-state index is 0.0168. The van der Waals surface area contributed by atoms with Crippen LogP contribution >= 0.6 is 0 Å². The highest BCUT2D eigenvalue weighted by Crippen LogP contribution is 2.20. The molecule has 79 heavy (non-hydrogen) atoms. The summed E-state index contributed by atoms with van der Waals surface area (Å²) in [6.45, 7) is 4.25. The second-order valence-corrected chi connectivity index (χ2v) is 19.2. The third-order valence-electron chi connectivity index (χ3n) is 12.6. The van der Waals surface area contributed by atoms with Gasteiger partial charge in [-0.05, 0) is 55.2 Å². The molecule has 0 radical (unpaired) electrons. The van der Waals surface area contributed by atoms with Gasteiger partial charge in [0.1, 0.15) is 30.5 Å². The highest BCUT2D eigenvalue weighted by atomic mass is 16.4. The Hall–Kier alpha value is -8.34. The van der Waals surface area contributed by atoms with E-state index in [2.05, 4.69) is 42.2 Å². The van der Waals surface area contributed by atoms with Crippen molar-refractivity contribution >= 4 is 88.0 Å². The SMILES string of the molecule is CC(C)[C@H](NC(=O)[C@H](C)NC(=O)[C@H](Cc1c[nH]c2ccccc12)NC(=O)[C@H](CCC(N)=O)NC(=O)c1ccc(NC(=O)CNC(=O)CN2CCN(CC(=O)O)CCN(CC(=O)O)CCN(CC(=O)O)CC2)cc1)C(=O)NCC=O. The van der Waals surface area contributed by atoms with Gasteiger partial charge in [-0.2, -0.15) is 0 Å². The molecule has 1 aromatic heterocycles. The second-order valence-electron chi connectivity index (χ2n) is 19.2. The van der Waals surface area contributed by atoms with Crippen molar-refractivity contribution in [3.05, 3.63) is 65.9 Å². The van der Waals surface area contributed by atoms with E-state index in [0.717, 1.165) is 10.9 Å². The molecular weight excluding hydrogens is 1030 g/mol. The van der Waals surface area contributed by atoms with Crippen molar-refractivity contribution in [2.75, 3.05) is 96.9 Å². The second kappa shape index (κ2) is 31.8. The molecule has 1 aliphatic rings. The summed E-state index contributed by atoms with van der Waals surface area (Å²) in [6, 6.07) is 7.57. The van der Waals surface area contributed by atoms with Crippen molar-refractivity contribution < 1.29 is 72.9 Å². The molecule has 1 saturated heterocycles. The van der Waals surface area contributed by atoms with Gasteiger partial charge in [-0.1, -0.05) is 32.0 Å². The number of nitrogens with one attached hydrogen (secondary N) is 8. The van der Waals surface area contributed by atoms with Crippen LogP contribution in [0.2, 0.25) is 0 Å². The van der Waals surface area contributed by atoms with Crippen LogP contribution in [0.3, 0.4) is 0 Å². The number of fused-ring (bicyclic) bond motifs is 1. The van der Waals surface area contributed by atoms with Crippen molar-refractivity contribution in [3.63, 3.8) is 0 Å². The number of carbonyl (C=O) groups is 12. The Bertz CT molecular complexity index is 2610. The zero-order chi connectivity index (χ0) is 58.2. The number of benzene rings is 2. The fourth-order valence-electron chi connectivity index (χ4n) is 8.38. The molecule has 0 spiro atoms. The smallest absolute Gasteiger partial charge is 0.317 e. The number of aliphatic carboxylic acids is 3. The largest absolute Gasteiger partial charge is 0.480 e. The van der Waals surface area contributed by atoms with Crippen LogP contribution in [0.4, 0.5) is 5.69 Å². The topological polar surface area (TPSA) is 405 Å². The van der Waals surface area contributed by atoms with Crippen LogP contribution < -0.4 is 43.0 Å². The molecule has 2 heterocycles. The fourth-order valence-corrected chi connectivity index (χ4v) is 8.38. The van der Waals surface area contributed by atoms with E-state index in [0.29, 0.717) is 11.8 Å². The number of carbonyl (C=O) groups excluding carboxylic acids is 9. The summed E-state index contributed by atoms with van der Waals surface area (Å²) in [4.78, 5) is 161. The molecule has 0 unspecified atom stereocenters. The summed E-state index contributed by atoms with van der Waals surface area (Å²) in [6.07, 6.45) is 1.41. The average molecular weight is 1110 g/mol. The number of nitrogens with two attached hydrogens (primary N) is 1. The number of H-pyrrole nitrogens is 1. The van der Waals surface area contributed by atoms with Crippen molar-refractivity contribution in [3.8, 4) is 0 Å². The van der Waals surface area contributed by atoms with Gasteiger partial charge in [0.15, 0.2) is 0 Å². The van der Waals surface area contributed by atoms with E-state index in [9.17, 15) is 72.9 Å². The number of aldehydes is 1. The summed E-state index contributed by atoms with van der Waals surface area (Å²) >= 11 is 0. The Morgan fingerprint density at radius 2 is 1.15 bits per heavy atom. The van der Waals surface area contributed by atoms with Gasteiger partial charge in [0.05, 0.1) is 39.3 Å². The number of carboxylic acid groups (broad SMARTS) is 3. The lowest BCUT2D eigenvalue weighted by Gasteiger charge is -2.32. The first-order valence-corrected chi connectivity index (χ1v) is 25.5. The van der Waals surface area contributed by atoms with Gasteiger partial charge in [-0.25, -0.2) is 0 Å². The van der Waals surface area contributed by atoms with E-state index in [1.165, 1.54) is 31.2 Å². The predicted octanol–water partition coefficient (Wildman–Crippen LogP) is -3.25. The third kappa shape index (κ3) is 22.3. The summed E-state index contributed by atoms with van der Waals surface area (Å²) < 4.78 is 0. The Kier molecular flexibility index (Phi) is 25.4. The molecule has 3 aromatic rings. The minimum Gasteiger partial charge on any atom is -0.480 e. The Labute approximate surface area is 454 Å². The summed E-state index contributed by atoms with van der Waals surface area (Å²) in [7, 11) is 0. The number of carboxylic acids is 3. The van der Waals surface area contributed by atoms with Crippen LogP contribution in [-0.2, 0) is 59.2 Å². The highest BCUT2D eigenvalue weighted by molar-refractivity contribution is 6.00. The van der Waals surface area contributed by atoms with Gasteiger partial charge in [0.25, 0.3) is 5.91 Å². The maximum atomic E-state index is 14.1. The van der Waals surface area contributed by atoms with Gasteiger partial charge in [0, 0.05) is 93.6 Å². The molecular formula is C51H71N13O15. The number of aromatic nitrogens is 1. The van der Waals surface area contributed by atoms with Gasteiger partial charge < -0.3 is 68.0 Å².